The zero-order valence-electron chi connectivity index (χ0n) is 12.0. The van der Waals surface area contributed by atoms with E-state index in [0.717, 1.165) is 6.07 Å². The van der Waals surface area contributed by atoms with Gasteiger partial charge in [0.15, 0.2) is 17.2 Å². The summed E-state index contributed by atoms with van der Waals surface area (Å²) >= 11 is 0. The Morgan fingerprint density at radius 3 is 2.62 bits per heavy atom. The van der Waals surface area contributed by atoms with Gasteiger partial charge in [0, 0.05) is 0 Å². The molecule has 0 saturated carbocycles. The average molecular weight is 347 g/mol. The third-order valence-corrected chi connectivity index (χ3v) is 3.06. The first-order valence-corrected chi connectivity index (χ1v) is 6.61. The number of aromatic nitrogens is 3. The second-order valence-electron chi connectivity index (χ2n) is 4.61. The Morgan fingerprint density at radius 2 is 1.92 bits per heavy atom. The highest BCUT2D eigenvalue weighted by molar-refractivity contribution is 5.95. The molecule has 1 aromatic heterocycles. The molecule has 7 nitrogen and oxygen atoms in total. The first-order chi connectivity index (χ1) is 11.3. The molecule has 2 heterocycles. The number of esters is 1. The lowest BCUT2D eigenvalue weighted by molar-refractivity contribution is -0.391. The average Bonchev–Trinajstić information content (AvgIpc) is 2.97. The van der Waals surface area contributed by atoms with Gasteiger partial charge in [-0.25, -0.2) is 4.79 Å². The van der Waals surface area contributed by atoms with Gasteiger partial charge < -0.3 is 14.2 Å². The maximum absolute atomic E-state index is 13.4. The molecule has 0 aliphatic carbocycles. The maximum atomic E-state index is 13.4. The quantitative estimate of drug-likeness (QED) is 0.678. The maximum Gasteiger partial charge on any atom is 0.507 e. The zero-order valence-corrected chi connectivity index (χ0v) is 12.0. The predicted molar refractivity (Wildman–Crippen MR) is 68.9 cm³/mol. The molecule has 0 bridgehead atoms. The SMILES string of the molecule is CCOC(=O)c1n[nH]nc1-c1cccc2c1OC(F)(F)C(F)(F)O2. The summed E-state index contributed by atoms with van der Waals surface area (Å²) in [6.45, 7) is 1.60. The van der Waals surface area contributed by atoms with Gasteiger partial charge in [0.05, 0.1) is 12.2 Å². The molecule has 1 aliphatic rings. The molecule has 128 valence electrons. The minimum absolute atomic E-state index is 0.0436. The number of halogens is 4. The van der Waals surface area contributed by atoms with Gasteiger partial charge in [0.25, 0.3) is 0 Å². The summed E-state index contributed by atoms with van der Waals surface area (Å²) in [5.41, 5.74) is -0.691. The molecule has 1 aliphatic heterocycles. The number of aromatic amines is 1. The fourth-order valence-electron chi connectivity index (χ4n) is 2.03. The smallest absolute Gasteiger partial charge is 0.461 e. The van der Waals surface area contributed by atoms with E-state index in [0.29, 0.717) is 0 Å². The van der Waals surface area contributed by atoms with Crippen molar-refractivity contribution in [3.8, 4) is 22.8 Å². The Labute approximate surface area is 131 Å². The van der Waals surface area contributed by atoms with E-state index in [2.05, 4.69) is 24.9 Å². The molecular weight excluding hydrogens is 338 g/mol. The summed E-state index contributed by atoms with van der Waals surface area (Å²) in [6.07, 6.45) is -9.74. The molecule has 1 aromatic carbocycles. The molecule has 3 rings (SSSR count). The first-order valence-electron chi connectivity index (χ1n) is 6.61. The van der Waals surface area contributed by atoms with Gasteiger partial charge in [-0.1, -0.05) is 6.07 Å². The highest BCUT2D eigenvalue weighted by Crippen LogP contribution is 2.50. The number of nitrogens with one attached hydrogen (secondary N) is 1. The van der Waals surface area contributed by atoms with Crippen molar-refractivity contribution in [2.24, 2.45) is 0 Å². The van der Waals surface area contributed by atoms with E-state index >= 15 is 0 Å². The van der Waals surface area contributed by atoms with Crippen molar-refractivity contribution in [2.45, 2.75) is 19.1 Å². The van der Waals surface area contributed by atoms with E-state index < -0.39 is 29.7 Å². The fourth-order valence-corrected chi connectivity index (χ4v) is 2.03. The number of hydrogen-bond donors (Lipinski definition) is 1. The second-order valence-corrected chi connectivity index (χ2v) is 4.61. The summed E-state index contributed by atoms with van der Waals surface area (Å²) in [7, 11) is 0. The van der Waals surface area contributed by atoms with Crippen LogP contribution in [-0.2, 0) is 4.74 Å². The first kappa shape index (κ1) is 16.0. The number of carbonyl (C=O) groups is 1. The third-order valence-electron chi connectivity index (χ3n) is 3.06. The van der Waals surface area contributed by atoms with Crippen LogP contribution in [0.3, 0.4) is 0 Å². The number of benzene rings is 1. The Kier molecular flexibility index (Phi) is 3.57. The van der Waals surface area contributed by atoms with E-state index in [-0.39, 0.29) is 23.6 Å². The molecular formula is C13H9F4N3O4. The standard InChI is InChI=1S/C13H9F4N3O4/c1-2-22-11(21)9-8(18-20-19-9)6-4-3-5-7-10(6)24-13(16,17)12(14,15)23-7/h3-5H,2H2,1H3,(H,18,19,20). The second kappa shape index (κ2) is 5.35. The highest BCUT2D eigenvalue weighted by Gasteiger charge is 2.66. The van der Waals surface area contributed by atoms with Crippen LogP contribution in [0.4, 0.5) is 17.6 Å². The van der Waals surface area contributed by atoms with Gasteiger partial charge in [0.1, 0.15) is 5.69 Å². The number of hydrogen-bond acceptors (Lipinski definition) is 6. The van der Waals surface area contributed by atoms with Crippen LogP contribution < -0.4 is 9.47 Å². The van der Waals surface area contributed by atoms with Crippen molar-refractivity contribution in [2.75, 3.05) is 6.61 Å². The van der Waals surface area contributed by atoms with Crippen molar-refractivity contribution in [3.05, 3.63) is 23.9 Å². The molecule has 1 N–H and O–H groups in total. The van der Waals surface area contributed by atoms with Crippen LogP contribution in [0.1, 0.15) is 17.4 Å². The van der Waals surface area contributed by atoms with E-state index in [1.807, 2.05) is 0 Å². The van der Waals surface area contributed by atoms with Crippen molar-refractivity contribution in [1.82, 2.24) is 15.4 Å². The van der Waals surface area contributed by atoms with Crippen LogP contribution in [0.25, 0.3) is 11.3 Å². The molecule has 24 heavy (non-hydrogen) atoms. The number of alkyl halides is 4. The van der Waals surface area contributed by atoms with Gasteiger partial charge in [-0.05, 0) is 19.1 Å². The number of H-pyrrole nitrogens is 1. The van der Waals surface area contributed by atoms with E-state index in [4.69, 9.17) is 4.74 Å². The Hall–Kier alpha value is -2.85. The van der Waals surface area contributed by atoms with Gasteiger partial charge in [-0.15, -0.1) is 5.10 Å². The van der Waals surface area contributed by atoms with Crippen LogP contribution >= 0.6 is 0 Å². The predicted octanol–water partition coefficient (Wildman–Crippen LogP) is 2.61. The van der Waals surface area contributed by atoms with Crippen molar-refractivity contribution in [3.63, 3.8) is 0 Å². The van der Waals surface area contributed by atoms with E-state index in [9.17, 15) is 22.4 Å². The number of rotatable bonds is 3. The van der Waals surface area contributed by atoms with Crippen LogP contribution in [-0.4, -0.2) is 40.2 Å². The van der Waals surface area contributed by atoms with Crippen LogP contribution in [0.2, 0.25) is 0 Å². The Bertz CT molecular complexity index is 793. The lowest BCUT2D eigenvalue weighted by Gasteiger charge is -2.32. The summed E-state index contributed by atoms with van der Waals surface area (Å²) in [5.74, 6) is -2.18. The van der Waals surface area contributed by atoms with Gasteiger partial charge in [-0.2, -0.15) is 27.9 Å². The van der Waals surface area contributed by atoms with E-state index in [1.165, 1.54) is 12.1 Å². The molecule has 0 saturated heterocycles. The number of fused-ring (bicyclic) bond motifs is 1. The van der Waals surface area contributed by atoms with Crippen LogP contribution in [0.15, 0.2) is 18.2 Å². The molecule has 0 radical (unpaired) electrons. The largest absolute Gasteiger partial charge is 0.507 e. The van der Waals surface area contributed by atoms with Crippen molar-refractivity contribution in [1.29, 1.82) is 0 Å². The van der Waals surface area contributed by atoms with Gasteiger partial charge in [0.2, 0.25) is 0 Å². The summed E-state index contributed by atoms with van der Waals surface area (Å²) in [5, 5.41) is 9.41. The lowest BCUT2D eigenvalue weighted by atomic mass is 10.1. The normalized spacial score (nSPS) is 17.4. The van der Waals surface area contributed by atoms with Gasteiger partial charge >= 0.3 is 18.2 Å². The summed E-state index contributed by atoms with van der Waals surface area (Å²) < 4.78 is 66.3. The van der Waals surface area contributed by atoms with Gasteiger partial charge in [-0.3, -0.25) is 0 Å². The monoisotopic (exact) mass is 347 g/mol. The van der Waals surface area contributed by atoms with Crippen molar-refractivity contribution >= 4 is 5.97 Å². The number of ether oxygens (including phenoxy) is 3. The highest BCUT2D eigenvalue weighted by atomic mass is 19.3. The summed E-state index contributed by atoms with van der Waals surface area (Å²) in [4.78, 5) is 11.8. The van der Waals surface area contributed by atoms with E-state index in [1.54, 1.807) is 6.92 Å². The number of nitrogens with zero attached hydrogens (tertiary/aromatic N) is 2. The molecule has 11 heteroatoms. The van der Waals surface area contributed by atoms with Crippen LogP contribution in [0.5, 0.6) is 11.5 Å². The molecule has 0 fully saturated rings. The topological polar surface area (TPSA) is 86.3 Å². The number of carbonyl (C=O) groups excluding carboxylic acids is 1. The molecule has 0 unspecified atom stereocenters. The zero-order chi connectivity index (χ0) is 17.5. The minimum Gasteiger partial charge on any atom is -0.461 e. The Balaban J connectivity index is 2.11. The molecule has 0 spiro atoms. The number of para-hydroxylation sites is 1. The minimum atomic E-state index is -4.90. The lowest BCUT2D eigenvalue weighted by Crippen LogP contribution is -2.52. The fraction of sp³-hybridized carbons (Fsp3) is 0.308. The summed E-state index contributed by atoms with van der Waals surface area (Å²) in [6, 6.07) is 3.51. The third kappa shape index (κ3) is 2.41. The van der Waals surface area contributed by atoms with Crippen LogP contribution in [0, 0.1) is 0 Å². The molecule has 2 aromatic rings. The molecule has 0 amide bonds. The van der Waals surface area contributed by atoms with Crippen molar-refractivity contribution < 1.29 is 36.6 Å². The molecule has 0 atom stereocenters. The Morgan fingerprint density at radius 1 is 1.21 bits per heavy atom.